The van der Waals surface area contributed by atoms with Crippen LogP contribution in [0.25, 0.3) is 0 Å². The molecule has 0 radical (unpaired) electrons. The van der Waals surface area contributed by atoms with Crippen molar-refractivity contribution in [1.82, 2.24) is 14.7 Å². The molecule has 1 aromatic heterocycles. The van der Waals surface area contributed by atoms with Crippen LogP contribution >= 0.6 is 0 Å². The molecule has 6 aliphatic rings. The molecule has 1 N–H and O–H groups in total. The van der Waals surface area contributed by atoms with Gasteiger partial charge in [-0.05, 0) is 105 Å². The predicted molar refractivity (Wildman–Crippen MR) is 136 cm³/mol. The predicted octanol–water partition coefficient (Wildman–Crippen LogP) is 4.67. The normalized spacial score (nSPS) is 48.3. The molecule has 1 saturated heterocycles. The van der Waals surface area contributed by atoms with Crippen molar-refractivity contribution in [1.29, 1.82) is 0 Å². The first kappa shape index (κ1) is 25.2. The number of fused-ring (bicyclic) bond motifs is 7. The molecule has 0 aromatic carbocycles. The van der Waals surface area contributed by atoms with Gasteiger partial charge in [-0.2, -0.15) is 5.10 Å². The van der Waals surface area contributed by atoms with Gasteiger partial charge in [-0.25, -0.2) is 8.78 Å². The van der Waals surface area contributed by atoms with Crippen LogP contribution in [0.4, 0.5) is 8.78 Å². The van der Waals surface area contributed by atoms with Gasteiger partial charge in [0, 0.05) is 12.1 Å². The van der Waals surface area contributed by atoms with Crippen molar-refractivity contribution in [2.75, 3.05) is 13.1 Å². The maximum atomic E-state index is 13.9. The molecule has 1 aromatic rings. The van der Waals surface area contributed by atoms with E-state index in [9.17, 15) is 23.5 Å². The molecule has 38 heavy (non-hydrogen) atoms. The monoisotopic (exact) mass is 529 g/mol. The minimum atomic E-state index is -2.80. The van der Waals surface area contributed by atoms with Crippen LogP contribution in [0.1, 0.15) is 76.1 Å². The summed E-state index contributed by atoms with van der Waals surface area (Å²) in [7, 11) is 0. The van der Waals surface area contributed by atoms with E-state index in [4.69, 9.17) is 0 Å². The third-order valence-corrected chi connectivity index (χ3v) is 12.2. The third-order valence-electron chi connectivity index (χ3n) is 12.2. The van der Waals surface area contributed by atoms with Gasteiger partial charge in [0.05, 0.1) is 37.0 Å². The van der Waals surface area contributed by atoms with Crippen molar-refractivity contribution in [3.05, 3.63) is 18.0 Å². The number of aromatic nitrogens is 2. The average molecular weight is 530 g/mol. The van der Waals surface area contributed by atoms with Gasteiger partial charge in [-0.1, -0.05) is 13.8 Å². The number of hydrogen-bond acceptors (Lipinski definition) is 4. The number of hydrogen-bond donors (Lipinski definition) is 1. The molecule has 0 bridgehead atoms. The molecule has 6 nitrogen and oxygen atoms in total. The molecule has 2 heterocycles. The summed E-state index contributed by atoms with van der Waals surface area (Å²) in [6, 6.07) is 0. The number of rotatable bonds is 4. The van der Waals surface area contributed by atoms with E-state index in [0.717, 1.165) is 42.4 Å². The van der Waals surface area contributed by atoms with Crippen LogP contribution in [0.2, 0.25) is 0 Å². The third kappa shape index (κ3) is 3.67. The van der Waals surface area contributed by atoms with Crippen LogP contribution in [0.5, 0.6) is 0 Å². The summed E-state index contributed by atoms with van der Waals surface area (Å²) >= 11 is 0. The van der Waals surface area contributed by atoms with E-state index >= 15 is 0 Å². The molecule has 7 rings (SSSR count). The molecular weight excluding hydrogens is 488 g/mol. The minimum Gasteiger partial charge on any atom is -0.390 e. The van der Waals surface area contributed by atoms with Gasteiger partial charge in [0.15, 0.2) is 5.78 Å². The lowest BCUT2D eigenvalue weighted by molar-refractivity contribution is -0.137. The minimum absolute atomic E-state index is 0.0160. The number of ketones is 1. The Morgan fingerprint density at radius 3 is 2.53 bits per heavy atom. The Morgan fingerprint density at radius 2 is 1.79 bits per heavy atom. The fourth-order valence-electron chi connectivity index (χ4n) is 10.7. The van der Waals surface area contributed by atoms with E-state index in [-0.39, 0.29) is 29.2 Å². The Labute approximate surface area is 223 Å². The molecule has 1 amide bonds. The van der Waals surface area contributed by atoms with E-state index in [2.05, 4.69) is 18.9 Å². The number of halogens is 2. The Balaban J connectivity index is 1.07. The lowest BCUT2D eigenvalue weighted by Crippen LogP contribution is -2.58. The Bertz CT molecular complexity index is 1160. The SMILES string of the molecule is C[C@H]1[C@@H]2[C@H]1[C@H](C(=O)Cn1cc(C(=O)N3CC(F)(F)C3)cn1)[C@@]1(C)CC[C@H]3[C@@H](CCC4C[C@](C)(O)CC[C@@H]43)[C@H]21. The van der Waals surface area contributed by atoms with Gasteiger partial charge < -0.3 is 10.0 Å². The van der Waals surface area contributed by atoms with Gasteiger partial charge in [-0.3, -0.25) is 14.3 Å². The number of carbonyl (C=O) groups is 2. The highest BCUT2D eigenvalue weighted by atomic mass is 19.3. The van der Waals surface area contributed by atoms with Gasteiger partial charge in [0.1, 0.15) is 0 Å². The highest BCUT2D eigenvalue weighted by molar-refractivity contribution is 5.94. The first-order valence-electron chi connectivity index (χ1n) is 14.8. The Hall–Kier alpha value is -1.83. The molecule has 8 heteroatoms. The Kier molecular flexibility index (Phi) is 5.37. The van der Waals surface area contributed by atoms with Crippen molar-refractivity contribution in [3.63, 3.8) is 0 Å². The summed E-state index contributed by atoms with van der Waals surface area (Å²) in [4.78, 5) is 27.5. The summed E-state index contributed by atoms with van der Waals surface area (Å²) in [6.07, 6.45) is 10.7. The van der Waals surface area contributed by atoms with Crippen LogP contribution < -0.4 is 0 Å². The summed E-state index contributed by atoms with van der Waals surface area (Å²) in [6.45, 7) is 5.76. The van der Waals surface area contributed by atoms with E-state index in [1.807, 2.05) is 6.92 Å². The highest BCUT2D eigenvalue weighted by Crippen LogP contribution is 2.77. The quantitative estimate of drug-likeness (QED) is 0.616. The van der Waals surface area contributed by atoms with Gasteiger partial charge in [-0.15, -0.1) is 0 Å². The van der Waals surface area contributed by atoms with E-state index < -0.39 is 30.5 Å². The summed E-state index contributed by atoms with van der Waals surface area (Å²) in [5.74, 6) is 2.05. The van der Waals surface area contributed by atoms with E-state index in [0.29, 0.717) is 35.5 Å². The van der Waals surface area contributed by atoms with Crippen LogP contribution in [-0.2, 0) is 11.3 Å². The summed E-state index contributed by atoms with van der Waals surface area (Å²) in [5.41, 5.74) is -0.220. The second kappa shape index (κ2) is 8.11. The van der Waals surface area contributed by atoms with Crippen LogP contribution in [0.3, 0.4) is 0 Å². The molecule has 1 aliphatic heterocycles. The van der Waals surface area contributed by atoms with E-state index in [1.54, 1.807) is 6.20 Å². The van der Waals surface area contributed by atoms with E-state index in [1.165, 1.54) is 30.1 Å². The zero-order valence-corrected chi connectivity index (χ0v) is 22.8. The molecule has 5 aliphatic carbocycles. The number of likely N-dealkylation sites (tertiary alicyclic amines) is 1. The molecule has 6 fully saturated rings. The largest absolute Gasteiger partial charge is 0.390 e. The van der Waals surface area contributed by atoms with Gasteiger partial charge in [0.2, 0.25) is 0 Å². The molecule has 11 atom stereocenters. The molecule has 0 spiro atoms. The summed E-state index contributed by atoms with van der Waals surface area (Å²) < 4.78 is 27.9. The summed E-state index contributed by atoms with van der Waals surface area (Å²) in [5, 5.41) is 15.0. The van der Waals surface area contributed by atoms with Crippen LogP contribution in [0.15, 0.2) is 12.4 Å². The number of alkyl halides is 2. The van der Waals surface area contributed by atoms with Crippen LogP contribution in [-0.4, -0.2) is 56.1 Å². The van der Waals surface area contributed by atoms with Gasteiger partial charge >= 0.3 is 0 Å². The zero-order valence-electron chi connectivity index (χ0n) is 22.8. The van der Waals surface area contributed by atoms with Crippen molar-refractivity contribution >= 4 is 11.7 Å². The fourth-order valence-corrected chi connectivity index (χ4v) is 10.7. The second-order valence-electron chi connectivity index (χ2n) is 14.5. The standard InChI is InChI=1S/C30H41F2N3O3/c1-16-23-24(16)26(22(36)13-35-12-18(11-33-35)27(37)34-14-30(31,32)15-34)29(3)9-7-20-19-6-8-28(2,38)10-17(19)4-5-21(20)25(23)29/h11-12,16-17,19-21,23-26,38H,4-10,13-15H2,1-3H3/t16-,17?,19-,20+,21+,23+,24-,25+,26-,28+,29-/m0/s1. The highest BCUT2D eigenvalue weighted by Gasteiger charge is 2.74. The molecule has 208 valence electrons. The van der Waals surface area contributed by atoms with Gasteiger partial charge in [0.25, 0.3) is 11.8 Å². The number of nitrogens with zero attached hydrogens (tertiary/aromatic N) is 3. The molecule has 1 unspecified atom stereocenters. The topological polar surface area (TPSA) is 75.4 Å². The number of amides is 1. The molecular formula is C30H41F2N3O3. The van der Waals surface area contributed by atoms with Crippen molar-refractivity contribution in [3.8, 4) is 0 Å². The van der Waals surface area contributed by atoms with Crippen molar-refractivity contribution in [2.45, 2.75) is 83.8 Å². The number of aliphatic hydroxyl groups is 1. The smallest absolute Gasteiger partial charge is 0.282 e. The first-order chi connectivity index (χ1) is 17.9. The van der Waals surface area contributed by atoms with Crippen LogP contribution in [0, 0.1) is 58.7 Å². The Morgan fingerprint density at radius 1 is 1.05 bits per heavy atom. The van der Waals surface area contributed by atoms with Crippen molar-refractivity contribution in [2.24, 2.45) is 58.7 Å². The molecule has 5 saturated carbocycles. The zero-order chi connectivity index (χ0) is 26.8. The lowest BCUT2D eigenvalue weighted by Gasteiger charge is -2.58. The average Bonchev–Trinajstić information content (AvgIpc) is 3.16. The van der Waals surface area contributed by atoms with Crippen molar-refractivity contribution < 1.29 is 23.5 Å². The number of carbonyl (C=O) groups excluding carboxylic acids is 2. The lowest BCUT2D eigenvalue weighted by atomic mass is 9.47. The maximum Gasteiger partial charge on any atom is 0.282 e. The maximum absolute atomic E-state index is 13.9. The first-order valence-corrected chi connectivity index (χ1v) is 14.8. The fraction of sp³-hybridized carbons (Fsp3) is 0.833. The second-order valence-corrected chi connectivity index (χ2v) is 14.5. The number of Topliss-reactive ketones (excluding diaryl/α,β-unsaturated/α-hetero) is 1.